The van der Waals surface area contributed by atoms with Gasteiger partial charge in [0, 0.05) is 12.0 Å². The molecular formula is C19H17ClN4O4. The van der Waals surface area contributed by atoms with Gasteiger partial charge in [0.2, 0.25) is 0 Å². The SMILES string of the molecule is COc1ccc(C(=O)COC(=O)[C@@H](Cc2ccccc2)n2cnnn2)cc1Cl. The van der Waals surface area contributed by atoms with E-state index in [0.29, 0.717) is 22.8 Å². The number of hydrogen-bond donors (Lipinski definition) is 0. The maximum Gasteiger partial charge on any atom is 0.331 e. The molecule has 0 fully saturated rings. The van der Waals surface area contributed by atoms with Crippen molar-refractivity contribution < 1.29 is 19.1 Å². The fourth-order valence-corrected chi connectivity index (χ4v) is 2.85. The number of halogens is 1. The zero-order valence-corrected chi connectivity index (χ0v) is 15.7. The number of ketones is 1. The van der Waals surface area contributed by atoms with Gasteiger partial charge in [0.15, 0.2) is 18.4 Å². The number of aromatic nitrogens is 4. The fraction of sp³-hybridized carbons (Fsp3) is 0.211. The van der Waals surface area contributed by atoms with E-state index >= 15 is 0 Å². The minimum atomic E-state index is -0.787. The second-order valence-electron chi connectivity index (χ2n) is 5.88. The van der Waals surface area contributed by atoms with Crippen LogP contribution in [0.4, 0.5) is 0 Å². The lowest BCUT2D eigenvalue weighted by Gasteiger charge is -2.15. The summed E-state index contributed by atoms with van der Waals surface area (Å²) < 4.78 is 11.6. The lowest BCUT2D eigenvalue weighted by Crippen LogP contribution is -2.26. The van der Waals surface area contributed by atoms with Crippen LogP contribution in [0.3, 0.4) is 0 Å². The highest BCUT2D eigenvalue weighted by atomic mass is 35.5. The standard InChI is InChI=1S/C19H17ClN4O4/c1-27-18-8-7-14(10-15(18)20)17(25)11-28-19(26)16(24-12-21-22-23-24)9-13-5-3-2-4-6-13/h2-8,10,12,16H,9,11H2,1H3/t16-/m1/s1. The van der Waals surface area contributed by atoms with Gasteiger partial charge in [-0.3, -0.25) is 4.79 Å². The van der Waals surface area contributed by atoms with Gasteiger partial charge in [-0.15, -0.1) is 5.10 Å². The molecule has 0 radical (unpaired) electrons. The maximum atomic E-state index is 12.6. The van der Waals surface area contributed by atoms with Gasteiger partial charge >= 0.3 is 5.97 Å². The number of benzene rings is 2. The molecule has 0 aliphatic heterocycles. The summed E-state index contributed by atoms with van der Waals surface area (Å²) in [6.07, 6.45) is 1.66. The Morgan fingerprint density at radius 2 is 1.96 bits per heavy atom. The Bertz CT molecular complexity index is 948. The summed E-state index contributed by atoms with van der Waals surface area (Å²) in [6, 6.07) is 13.2. The highest BCUT2D eigenvalue weighted by molar-refractivity contribution is 6.32. The minimum Gasteiger partial charge on any atom is -0.495 e. The van der Waals surface area contributed by atoms with Crippen molar-refractivity contribution in [3.05, 3.63) is 71.0 Å². The molecular weight excluding hydrogens is 384 g/mol. The molecule has 0 saturated heterocycles. The van der Waals surface area contributed by atoms with Crippen molar-refractivity contribution in [2.75, 3.05) is 13.7 Å². The number of ether oxygens (including phenoxy) is 2. The van der Waals surface area contributed by atoms with Crippen LogP contribution in [0.15, 0.2) is 54.9 Å². The molecule has 0 N–H and O–H groups in total. The van der Waals surface area contributed by atoms with E-state index in [-0.39, 0.29) is 5.78 Å². The molecule has 8 nitrogen and oxygen atoms in total. The van der Waals surface area contributed by atoms with E-state index in [2.05, 4.69) is 15.5 Å². The summed E-state index contributed by atoms with van der Waals surface area (Å²) in [4.78, 5) is 25.0. The molecule has 0 saturated carbocycles. The molecule has 0 unspecified atom stereocenters. The molecule has 0 aliphatic rings. The number of esters is 1. The Labute approximate surface area is 166 Å². The van der Waals surface area contributed by atoms with Gasteiger partial charge in [0.05, 0.1) is 12.1 Å². The first-order valence-corrected chi connectivity index (χ1v) is 8.76. The highest BCUT2D eigenvalue weighted by Crippen LogP contribution is 2.25. The number of nitrogens with zero attached hydrogens (tertiary/aromatic N) is 4. The largest absolute Gasteiger partial charge is 0.495 e. The van der Waals surface area contributed by atoms with Crippen molar-refractivity contribution in [1.82, 2.24) is 20.2 Å². The van der Waals surface area contributed by atoms with Crippen LogP contribution in [-0.4, -0.2) is 45.7 Å². The molecule has 1 aromatic heterocycles. The lowest BCUT2D eigenvalue weighted by atomic mass is 10.1. The van der Waals surface area contributed by atoms with E-state index in [1.165, 1.54) is 24.2 Å². The molecule has 9 heteroatoms. The average molecular weight is 401 g/mol. The van der Waals surface area contributed by atoms with E-state index in [1.807, 2.05) is 30.3 Å². The van der Waals surface area contributed by atoms with Crippen molar-refractivity contribution >= 4 is 23.4 Å². The monoisotopic (exact) mass is 400 g/mol. The predicted octanol–water partition coefficient (Wildman–Crippen LogP) is 2.55. The first-order valence-electron chi connectivity index (χ1n) is 8.38. The zero-order chi connectivity index (χ0) is 19.9. The van der Waals surface area contributed by atoms with Crippen LogP contribution >= 0.6 is 11.6 Å². The fourth-order valence-electron chi connectivity index (χ4n) is 2.59. The molecule has 1 heterocycles. The van der Waals surface area contributed by atoms with Gasteiger partial charge in [-0.05, 0) is 34.2 Å². The van der Waals surface area contributed by atoms with Crippen molar-refractivity contribution in [3.8, 4) is 5.75 Å². The van der Waals surface area contributed by atoms with Crippen LogP contribution in [0.25, 0.3) is 0 Å². The molecule has 28 heavy (non-hydrogen) atoms. The van der Waals surface area contributed by atoms with Crippen LogP contribution in [0, 0.1) is 0 Å². The number of carbonyl (C=O) groups is 2. The summed E-state index contributed by atoms with van der Waals surface area (Å²) in [7, 11) is 1.48. The molecule has 0 aliphatic carbocycles. The summed E-state index contributed by atoms with van der Waals surface area (Å²) in [6.45, 7) is -0.422. The van der Waals surface area contributed by atoms with E-state index < -0.39 is 18.6 Å². The van der Waals surface area contributed by atoms with E-state index in [0.717, 1.165) is 5.56 Å². The van der Waals surface area contributed by atoms with Crippen molar-refractivity contribution in [1.29, 1.82) is 0 Å². The Balaban J connectivity index is 1.68. The molecule has 3 aromatic rings. The molecule has 0 amide bonds. The second kappa shape index (κ2) is 9.09. The molecule has 1 atom stereocenters. The number of methoxy groups -OCH3 is 1. The summed E-state index contributed by atoms with van der Waals surface area (Å²) >= 11 is 6.03. The molecule has 144 valence electrons. The van der Waals surface area contributed by atoms with Gasteiger partial charge < -0.3 is 9.47 Å². The molecule has 0 bridgehead atoms. The summed E-state index contributed by atoms with van der Waals surface area (Å²) in [5.74, 6) is -0.533. The topological polar surface area (TPSA) is 96.2 Å². The number of carbonyl (C=O) groups excluding carboxylic acids is 2. The summed E-state index contributed by atoms with van der Waals surface area (Å²) in [5.41, 5.74) is 1.23. The van der Waals surface area contributed by atoms with Crippen LogP contribution in [-0.2, 0) is 16.0 Å². The van der Waals surface area contributed by atoms with Gasteiger partial charge in [-0.25, -0.2) is 9.48 Å². The Hall–Kier alpha value is -3.26. The predicted molar refractivity (Wildman–Crippen MR) is 100 cm³/mol. The molecule has 0 spiro atoms. The van der Waals surface area contributed by atoms with Gasteiger partial charge in [-0.1, -0.05) is 41.9 Å². The van der Waals surface area contributed by atoms with E-state index in [4.69, 9.17) is 21.1 Å². The first-order chi connectivity index (χ1) is 13.6. The smallest absolute Gasteiger partial charge is 0.331 e. The van der Waals surface area contributed by atoms with Crippen LogP contribution < -0.4 is 4.74 Å². The number of rotatable bonds is 8. The van der Waals surface area contributed by atoms with Crippen LogP contribution in [0.1, 0.15) is 22.0 Å². The van der Waals surface area contributed by atoms with Gasteiger partial charge in [-0.2, -0.15) is 0 Å². The van der Waals surface area contributed by atoms with Gasteiger partial charge in [0.25, 0.3) is 0 Å². The van der Waals surface area contributed by atoms with Crippen LogP contribution in [0.5, 0.6) is 5.75 Å². The second-order valence-corrected chi connectivity index (χ2v) is 6.28. The Morgan fingerprint density at radius 3 is 2.61 bits per heavy atom. The summed E-state index contributed by atoms with van der Waals surface area (Å²) in [5, 5.41) is 11.2. The number of tetrazole rings is 1. The minimum absolute atomic E-state index is 0.301. The third-order valence-corrected chi connectivity index (χ3v) is 4.34. The Kier molecular flexibility index (Phi) is 6.33. The normalized spacial score (nSPS) is 11.6. The van der Waals surface area contributed by atoms with Crippen molar-refractivity contribution in [2.24, 2.45) is 0 Å². The van der Waals surface area contributed by atoms with Crippen molar-refractivity contribution in [3.63, 3.8) is 0 Å². The van der Waals surface area contributed by atoms with E-state index in [1.54, 1.807) is 12.1 Å². The quantitative estimate of drug-likeness (QED) is 0.423. The lowest BCUT2D eigenvalue weighted by molar-refractivity contribution is -0.146. The maximum absolute atomic E-state index is 12.6. The van der Waals surface area contributed by atoms with Crippen LogP contribution in [0.2, 0.25) is 5.02 Å². The molecule has 3 rings (SSSR count). The average Bonchev–Trinajstić information content (AvgIpc) is 3.25. The van der Waals surface area contributed by atoms with E-state index in [9.17, 15) is 9.59 Å². The number of hydrogen-bond acceptors (Lipinski definition) is 7. The molecule has 2 aromatic carbocycles. The number of Topliss-reactive ketones (excluding diaryl/α,β-unsaturated/α-hetero) is 1. The van der Waals surface area contributed by atoms with Crippen molar-refractivity contribution in [2.45, 2.75) is 12.5 Å². The third-order valence-electron chi connectivity index (χ3n) is 4.05. The first kappa shape index (κ1) is 19.5. The zero-order valence-electron chi connectivity index (χ0n) is 15.0. The Morgan fingerprint density at radius 1 is 1.18 bits per heavy atom. The highest BCUT2D eigenvalue weighted by Gasteiger charge is 2.25. The van der Waals surface area contributed by atoms with Gasteiger partial charge in [0.1, 0.15) is 12.1 Å². The third kappa shape index (κ3) is 4.72.